The van der Waals surface area contributed by atoms with Gasteiger partial charge in [-0.05, 0) is 47.9 Å². The van der Waals surface area contributed by atoms with Gasteiger partial charge in [0.25, 0.3) is 5.91 Å². The van der Waals surface area contributed by atoms with Crippen molar-refractivity contribution in [2.24, 2.45) is 5.73 Å². The first kappa shape index (κ1) is 16.8. The normalized spacial score (nSPS) is 10.5. The van der Waals surface area contributed by atoms with Gasteiger partial charge in [-0.3, -0.25) is 4.79 Å². The lowest BCUT2D eigenvalue weighted by molar-refractivity contribution is 0.100. The first-order valence-corrected chi connectivity index (χ1v) is 8.43. The summed E-state index contributed by atoms with van der Waals surface area (Å²) >= 11 is 1.30. The molecule has 0 saturated carbocycles. The maximum Gasteiger partial charge on any atom is 0.323 e. The van der Waals surface area contributed by atoms with Crippen LogP contribution in [-0.4, -0.2) is 26.0 Å². The third-order valence-electron chi connectivity index (χ3n) is 3.66. The summed E-state index contributed by atoms with van der Waals surface area (Å²) < 4.78 is 0.891. The van der Waals surface area contributed by atoms with Crippen LogP contribution >= 0.6 is 11.3 Å². The number of benzene rings is 2. The molecular formula is C18H18N4O2S. The van der Waals surface area contributed by atoms with E-state index in [1.807, 2.05) is 55.4 Å². The van der Waals surface area contributed by atoms with Crippen molar-refractivity contribution < 1.29 is 9.59 Å². The molecule has 0 radical (unpaired) electrons. The number of nitrogens with two attached hydrogens (primary N) is 1. The lowest BCUT2D eigenvalue weighted by Gasteiger charge is -2.13. The number of hydrogen-bond donors (Lipinski definition) is 3. The largest absolute Gasteiger partial charge is 0.378 e. The van der Waals surface area contributed by atoms with E-state index in [9.17, 15) is 9.59 Å². The zero-order chi connectivity index (χ0) is 18.0. The summed E-state index contributed by atoms with van der Waals surface area (Å²) in [6.07, 6.45) is 0. The van der Waals surface area contributed by atoms with E-state index in [0.717, 1.165) is 15.8 Å². The lowest BCUT2D eigenvalue weighted by atomic mass is 10.2. The van der Waals surface area contributed by atoms with Crippen LogP contribution < -0.4 is 21.3 Å². The van der Waals surface area contributed by atoms with E-state index in [1.165, 1.54) is 11.3 Å². The van der Waals surface area contributed by atoms with Crippen LogP contribution in [0.3, 0.4) is 0 Å². The molecule has 0 bridgehead atoms. The number of nitrogens with one attached hydrogen (secondary N) is 2. The van der Waals surface area contributed by atoms with Gasteiger partial charge in [0.15, 0.2) is 0 Å². The highest BCUT2D eigenvalue weighted by Crippen LogP contribution is 2.28. The number of urea groups is 1. The number of anilines is 3. The molecule has 0 atom stereocenters. The molecule has 0 aliphatic rings. The zero-order valence-corrected chi connectivity index (χ0v) is 14.7. The second-order valence-corrected chi connectivity index (χ2v) is 6.83. The fraction of sp³-hybridized carbons (Fsp3) is 0.111. The molecule has 6 nitrogen and oxygen atoms in total. The van der Waals surface area contributed by atoms with Crippen molar-refractivity contribution in [1.82, 2.24) is 0 Å². The standard InChI is InChI=1S/C18H18N4O2S/c1-22(2)14-7-5-12(6-8-14)20-18(24)21-13-4-3-11-9-16(17(19)23)25-15(11)10-13/h3-10H,1-2H3,(H2,19,23)(H2,20,21,24). The SMILES string of the molecule is CN(C)c1ccc(NC(=O)Nc2ccc3cc(C(N)=O)sc3c2)cc1. The minimum absolute atomic E-state index is 0.330. The molecule has 4 N–H and O–H groups in total. The smallest absolute Gasteiger partial charge is 0.323 e. The van der Waals surface area contributed by atoms with Gasteiger partial charge in [0.1, 0.15) is 0 Å². The van der Waals surface area contributed by atoms with Crippen LogP contribution in [-0.2, 0) is 0 Å². The molecular weight excluding hydrogens is 336 g/mol. The van der Waals surface area contributed by atoms with Gasteiger partial charge < -0.3 is 21.3 Å². The molecule has 0 spiro atoms. The Labute approximate surface area is 149 Å². The first-order valence-electron chi connectivity index (χ1n) is 7.61. The molecule has 0 unspecified atom stereocenters. The lowest BCUT2D eigenvalue weighted by Crippen LogP contribution is -2.19. The number of fused-ring (bicyclic) bond motifs is 1. The Kier molecular flexibility index (Phi) is 4.58. The Morgan fingerprint density at radius 3 is 2.24 bits per heavy atom. The Balaban J connectivity index is 1.69. The van der Waals surface area contributed by atoms with Crippen LogP contribution in [0.25, 0.3) is 10.1 Å². The molecule has 0 aliphatic carbocycles. The number of carbonyl (C=O) groups is 2. The number of amides is 3. The Morgan fingerprint density at radius 2 is 1.60 bits per heavy atom. The second kappa shape index (κ2) is 6.82. The summed E-state index contributed by atoms with van der Waals surface area (Å²) in [6.45, 7) is 0. The molecule has 0 fully saturated rings. The zero-order valence-electron chi connectivity index (χ0n) is 13.9. The van der Waals surface area contributed by atoms with Crippen LogP contribution in [0.2, 0.25) is 0 Å². The molecule has 1 heterocycles. The number of primary amides is 1. The quantitative estimate of drug-likeness (QED) is 0.667. The van der Waals surface area contributed by atoms with Crippen LogP contribution in [0.5, 0.6) is 0 Å². The molecule has 128 valence electrons. The van der Waals surface area contributed by atoms with E-state index < -0.39 is 5.91 Å². The Morgan fingerprint density at radius 1 is 0.960 bits per heavy atom. The minimum Gasteiger partial charge on any atom is -0.378 e. The fourth-order valence-corrected chi connectivity index (χ4v) is 3.32. The predicted octanol–water partition coefficient (Wildman–Crippen LogP) is 3.71. The Hall–Kier alpha value is -3.06. The van der Waals surface area contributed by atoms with E-state index in [2.05, 4.69) is 10.6 Å². The van der Waals surface area contributed by atoms with Crippen LogP contribution in [0, 0.1) is 0 Å². The van der Waals surface area contributed by atoms with Gasteiger partial charge in [0.05, 0.1) is 4.88 Å². The molecule has 0 saturated heterocycles. The average molecular weight is 354 g/mol. The fourth-order valence-electron chi connectivity index (χ4n) is 2.37. The van der Waals surface area contributed by atoms with Crippen molar-refractivity contribution in [2.45, 2.75) is 0 Å². The van der Waals surface area contributed by atoms with Crippen molar-refractivity contribution in [3.8, 4) is 0 Å². The summed E-state index contributed by atoms with van der Waals surface area (Å²) in [5.74, 6) is -0.449. The van der Waals surface area contributed by atoms with E-state index in [-0.39, 0.29) is 6.03 Å². The second-order valence-electron chi connectivity index (χ2n) is 5.75. The number of thiophene rings is 1. The van der Waals surface area contributed by atoms with Gasteiger partial charge in [-0.2, -0.15) is 0 Å². The van der Waals surface area contributed by atoms with Crippen molar-refractivity contribution >= 4 is 50.4 Å². The maximum atomic E-state index is 12.1. The van der Waals surface area contributed by atoms with Crippen molar-refractivity contribution in [2.75, 3.05) is 29.6 Å². The first-order chi connectivity index (χ1) is 11.9. The summed E-state index contributed by atoms with van der Waals surface area (Å²) in [7, 11) is 3.92. The van der Waals surface area contributed by atoms with Crippen LogP contribution in [0.15, 0.2) is 48.5 Å². The number of rotatable bonds is 4. The average Bonchev–Trinajstić information content (AvgIpc) is 2.99. The minimum atomic E-state index is -0.449. The molecule has 0 aliphatic heterocycles. The predicted molar refractivity (Wildman–Crippen MR) is 104 cm³/mol. The summed E-state index contributed by atoms with van der Waals surface area (Å²) in [5.41, 5.74) is 7.71. The van der Waals surface area contributed by atoms with Gasteiger partial charge in [0, 0.05) is 35.9 Å². The molecule has 3 rings (SSSR count). The highest BCUT2D eigenvalue weighted by molar-refractivity contribution is 7.20. The van der Waals surface area contributed by atoms with Crippen molar-refractivity contribution in [3.05, 3.63) is 53.4 Å². The third-order valence-corrected chi connectivity index (χ3v) is 4.77. The molecule has 3 amide bonds. The van der Waals surface area contributed by atoms with Crippen LogP contribution in [0.4, 0.5) is 21.9 Å². The van der Waals surface area contributed by atoms with Crippen molar-refractivity contribution in [3.63, 3.8) is 0 Å². The van der Waals surface area contributed by atoms with E-state index in [0.29, 0.717) is 16.3 Å². The van der Waals surface area contributed by atoms with Gasteiger partial charge in [-0.1, -0.05) is 6.07 Å². The third kappa shape index (κ3) is 3.89. The molecule has 25 heavy (non-hydrogen) atoms. The van der Waals surface area contributed by atoms with Gasteiger partial charge >= 0.3 is 6.03 Å². The van der Waals surface area contributed by atoms with E-state index in [4.69, 9.17) is 5.73 Å². The van der Waals surface area contributed by atoms with Crippen LogP contribution in [0.1, 0.15) is 9.67 Å². The van der Waals surface area contributed by atoms with Gasteiger partial charge in [-0.25, -0.2) is 4.79 Å². The highest BCUT2D eigenvalue weighted by atomic mass is 32.1. The van der Waals surface area contributed by atoms with Crippen molar-refractivity contribution in [1.29, 1.82) is 0 Å². The number of carbonyl (C=O) groups excluding carboxylic acids is 2. The molecule has 7 heteroatoms. The topological polar surface area (TPSA) is 87.5 Å². The highest BCUT2D eigenvalue weighted by Gasteiger charge is 2.09. The number of nitrogens with zero attached hydrogens (tertiary/aromatic N) is 1. The summed E-state index contributed by atoms with van der Waals surface area (Å²) in [4.78, 5) is 25.9. The van der Waals surface area contributed by atoms with Gasteiger partial charge in [-0.15, -0.1) is 11.3 Å². The molecule has 1 aromatic heterocycles. The van der Waals surface area contributed by atoms with Gasteiger partial charge in [0.2, 0.25) is 0 Å². The summed E-state index contributed by atoms with van der Waals surface area (Å²) in [5, 5.41) is 6.50. The molecule has 3 aromatic rings. The maximum absolute atomic E-state index is 12.1. The molecule has 2 aromatic carbocycles. The van der Waals surface area contributed by atoms with E-state index >= 15 is 0 Å². The summed E-state index contributed by atoms with van der Waals surface area (Å²) in [6, 6.07) is 14.4. The monoisotopic (exact) mass is 354 g/mol. The number of hydrogen-bond acceptors (Lipinski definition) is 4. The van der Waals surface area contributed by atoms with E-state index in [1.54, 1.807) is 12.1 Å². The Bertz CT molecular complexity index is 932.